The van der Waals surface area contributed by atoms with Crippen molar-refractivity contribution in [2.24, 2.45) is 7.05 Å². The maximum absolute atomic E-state index is 4.23. The summed E-state index contributed by atoms with van der Waals surface area (Å²) in [5.74, 6) is 2.03. The van der Waals surface area contributed by atoms with Gasteiger partial charge in [0.25, 0.3) is 0 Å². The van der Waals surface area contributed by atoms with E-state index in [1.54, 1.807) is 0 Å². The number of nitrogens with zero attached hydrogens (tertiary/aromatic N) is 3. The van der Waals surface area contributed by atoms with Crippen LogP contribution in [0.15, 0.2) is 6.07 Å². The lowest BCUT2D eigenvalue weighted by atomic mass is 10.1. The fourth-order valence-electron chi connectivity index (χ4n) is 2.30. The average Bonchev–Trinajstić information content (AvgIpc) is 2.89. The normalized spacial score (nSPS) is 12.9. The van der Waals surface area contributed by atoms with Crippen LogP contribution in [0.3, 0.4) is 0 Å². The summed E-state index contributed by atoms with van der Waals surface area (Å²) in [5.41, 5.74) is 1.39. The Morgan fingerprint density at radius 3 is 2.53 bits per heavy atom. The van der Waals surface area contributed by atoms with E-state index in [1.807, 2.05) is 18.4 Å². The molecule has 5 heteroatoms. The summed E-state index contributed by atoms with van der Waals surface area (Å²) >= 11 is 1.86. The molecule has 2 aromatic rings. The highest BCUT2D eigenvalue weighted by Gasteiger charge is 2.13. The van der Waals surface area contributed by atoms with Gasteiger partial charge >= 0.3 is 0 Å². The van der Waals surface area contributed by atoms with E-state index in [9.17, 15) is 0 Å². The third-order valence-corrected chi connectivity index (χ3v) is 4.47. The Balaban J connectivity index is 2.02. The van der Waals surface area contributed by atoms with E-state index >= 15 is 0 Å². The molecule has 0 amide bonds. The predicted molar refractivity (Wildman–Crippen MR) is 79.4 cm³/mol. The second-order valence-corrected chi connectivity index (χ2v) is 6.38. The van der Waals surface area contributed by atoms with E-state index in [4.69, 9.17) is 0 Å². The summed E-state index contributed by atoms with van der Waals surface area (Å²) in [4.78, 5) is 2.76. The molecule has 0 aromatic carbocycles. The van der Waals surface area contributed by atoms with E-state index in [-0.39, 0.29) is 0 Å². The van der Waals surface area contributed by atoms with Crippen LogP contribution in [0.1, 0.15) is 46.9 Å². The van der Waals surface area contributed by atoms with Crippen molar-refractivity contribution < 1.29 is 0 Å². The van der Waals surface area contributed by atoms with Gasteiger partial charge in [-0.15, -0.1) is 21.5 Å². The molecule has 0 bridgehead atoms. The maximum atomic E-state index is 4.23. The third-order valence-electron chi connectivity index (χ3n) is 3.48. The van der Waals surface area contributed by atoms with Crippen molar-refractivity contribution >= 4 is 11.3 Å². The monoisotopic (exact) mass is 278 g/mol. The maximum Gasteiger partial charge on any atom is 0.146 e. The third kappa shape index (κ3) is 3.04. The van der Waals surface area contributed by atoms with E-state index in [2.05, 4.69) is 53.8 Å². The van der Waals surface area contributed by atoms with Crippen LogP contribution in [0.4, 0.5) is 0 Å². The van der Waals surface area contributed by atoms with Gasteiger partial charge in [0.2, 0.25) is 0 Å². The molecule has 0 fully saturated rings. The first-order valence-electron chi connectivity index (χ1n) is 6.70. The molecule has 2 heterocycles. The van der Waals surface area contributed by atoms with Gasteiger partial charge in [0, 0.05) is 29.3 Å². The summed E-state index contributed by atoms with van der Waals surface area (Å²) in [6.45, 7) is 9.39. The first kappa shape index (κ1) is 14.2. The second kappa shape index (κ2) is 5.84. The van der Waals surface area contributed by atoms with Crippen molar-refractivity contribution in [3.63, 3.8) is 0 Å². The predicted octanol–water partition coefficient (Wildman–Crippen LogP) is 2.91. The van der Waals surface area contributed by atoms with Crippen LogP contribution in [-0.4, -0.2) is 14.8 Å². The molecule has 0 saturated carbocycles. The van der Waals surface area contributed by atoms with Crippen LogP contribution in [-0.2, 0) is 20.0 Å². The van der Waals surface area contributed by atoms with Gasteiger partial charge in [-0.2, -0.15) is 0 Å². The quantitative estimate of drug-likeness (QED) is 0.914. The Bertz CT molecular complexity index is 556. The van der Waals surface area contributed by atoms with Crippen LogP contribution in [0.5, 0.6) is 0 Å². The number of hydrogen-bond acceptors (Lipinski definition) is 4. The largest absolute Gasteiger partial charge is 0.317 e. The molecule has 0 aliphatic heterocycles. The van der Waals surface area contributed by atoms with E-state index in [0.717, 1.165) is 24.6 Å². The zero-order chi connectivity index (χ0) is 14.0. The van der Waals surface area contributed by atoms with Crippen molar-refractivity contribution in [1.82, 2.24) is 20.1 Å². The summed E-state index contributed by atoms with van der Waals surface area (Å²) in [5, 5.41) is 11.9. The van der Waals surface area contributed by atoms with Crippen LogP contribution >= 0.6 is 11.3 Å². The topological polar surface area (TPSA) is 42.7 Å². The lowest BCUT2D eigenvalue weighted by molar-refractivity contribution is 0.546. The molecule has 4 nitrogen and oxygen atoms in total. The Morgan fingerprint density at radius 2 is 2.00 bits per heavy atom. The molecular formula is C14H22N4S. The zero-order valence-electron chi connectivity index (χ0n) is 12.3. The molecule has 2 aromatic heterocycles. The lowest BCUT2D eigenvalue weighted by Crippen LogP contribution is -2.20. The lowest BCUT2D eigenvalue weighted by Gasteiger charge is -2.13. The summed E-state index contributed by atoms with van der Waals surface area (Å²) in [7, 11) is 2.03. The Kier molecular flexibility index (Phi) is 4.37. The molecule has 0 aliphatic rings. The second-order valence-electron chi connectivity index (χ2n) is 4.92. The molecule has 0 spiro atoms. The molecule has 0 radical (unpaired) electrons. The van der Waals surface area contributed by atoms with Crippen molar-refractivity contribution in [1.29, 1.82) is 0 Å². The summed E-state index contributed by atoms with van der Waals surface area (Å²) in [6.07, 6.45) is 0.919. The fourth-order valence-corrected chi connectivity index (χ4v) is 3.32. The Labute approximate surface area is 118 Å². The molecule has 1 atom stereocenters. The van der Waals surface area contributed by atoms with Crippen LogP contribution in [0.2, 0.25) is 0 Å². The van der Waals surface area contributed by atoms with E-state index < -0.39 is 0 Å². The zero-order valence-corrected chi connectivity index (χ0v) is 13.1. The average molecular weight is 278 g/mol. The van der Waals surface area contributed by atoms with Crippen LogP contribution in [0.25, 0.3) is 0 Å². The number of aromatic nitrogens is 3. The first-order valence-corrected chi connectivity index (χ1v) is 7.52. The molecular weight excluding hydrogens is 256 g/mol. The van der Waals surface area contributed by atoms with Crippen molar-refractivity contribution in [3.8, 4) is 0 Å². The molecule has 104 valence electrons. The van der Waals surface area contributed by atoms with Gasteiger partial charge in [-0.25, -0.2) is 0 Å². The fraction of sp³-hybridized carbons (Fsp3) is 0.571. The SMILES string of the molecule is CCc1nnc(CN[C@@H](C)c2cc(C)sc2C)n1C. The van der Waals surface area contributed by atoms with Gasteiger partial charge in [0.15, 0.2) is 0 Å². The van der Waals surface area contributed by atoms with Crippen molar-refractivity contribution in [2.75, 3.05) is 0 Å². The Morgan fingerprint density at radius 1 is 1.32 bits per heavy atom. The number of aryl methyl sites for hydroxylation is 3. The van der Waals surface area contributed by atoms with Gasteiger partial charge in [-0.3, -0.25) is 0 Å². The molecule has 2 rings (SSSR count). The molecule has 0 aliphatic carbocycles. The standard InChI is InChI=1S/C14H22N4S/c1-6-13-16-17-14(18(13)5)8-15-10(3)12-7-9(2)19-11(12)4/h7,10,15H,6,8H2,1-5H3/t10-/m0/s1. The summed E-state index contributed by atoms with van der Waals surface area (Å²) < 4.78 is 2.07. The number of nitrogens with one attached hydrogen (secondary N) is 1. The first-order chi connectivity index (χ1) is 9.02. The summed E-state index contributed by atoms with van der Waals surface area (Å²) in [6, 6.07) is 2.61. The van der Waals surface area contributed by atoms with Crippen LogP contribution in [0, 0.1) is 13.8 Å². The number of hydrogen-bond donors (Lipinski definition) is 1. The minimum atomic E-state index is 0.340. The van der Waals surface area contributed by atoms with Crippen LogP contribution < -0.4 is 5.32 Å². The molecule has 1 N–H and O–H groups in total. The van der Waals surface area contributed by atoms with E-state index in [0.29, 0.717) is 6.04 Å². The number of rotatable bonds is 5. The van der Waals surface area contributed by atoms with Gasteiger partial charge in [-0.1, -0.05) is 6.92 Å². The molecule has 0 saturated heterocycles. The van der Waals surface area contributed by atoms with Crippen molar-refractivity contribution in [3.05, 3.63) is 33.0 Å². The minimum absolute atomic E-state index is 0.340. The highest BCUT2D eigenvalue weighted by atomic mass is 32.1. The van der Waals surface area contributed by atoms with Gasteiger partial charge in [-0.05, 0) is 32.4 Å². The minimum Gasteiger partial charge on any atom is -0.317 e. The van der Waals surface area contributed by atoms with Gasteiger partial charge < -0.3 is 9.88 Å². The van der Waals surface area contributed by atoms with E-state index in [1.165, 1.54) is 15.3 Å². The van der Waals surface area contributed by atoms with Crippen molar-refractivity contribution in [2.45, 2.75) is 46.7 Å². The highest BCUT2D eigenvalue weighted by molar-refractivity contribution is 7.12. The molecule has 19 heavy (non-hydrogen) atoms. The van der Waals surface area contributed by atoms with Gasteiger partial charge in [0.1, 0.15) is 11.6 Å². The molecule has 0 unspecified atom stereocenters. The smallest absolute Gasteiger partial charge is 0.146 e. The highest BCUT2D eigenvalue weighted by Crippen LogP contribution is 2.26. The Hall–Kier alpha value is -1.20. The van der Waals surface area contributed by atoms with Gasteiger partial charge in [0.05, 0.1) is 6.54 Å². The number of thiophene rings is 1.